The first-order valence-corrected chi connectivity index (χ1v) is 8.42. The smallest absolute Gasteiger partial charge is 0.254 e. The highest BCUT2D eigenvalue weighted by molar-refractivity contribution is 5.97. The number of nitrogens with two attached hydrogens (primary N) is 1. The minimum Gasteiger partial charge on any atom is -0.497 e. The molecule has 1 aliphatic heterocycles. The molecule has 1 atom stereocenters. The van der Waals surface area contributed by atoms with Crippen molar-refractivity contribution >= 4 is 11.8 Å². The summed E-state index contributed by atoms with van der Waals surface area (Å²) in [5.41, 5.74) is 7.44. The number of likely N-dealkylation sites (tertiary alicyclic amines) is 1. The van der Waals surface area contributed by atoms with Crippen molar-refractivity contribution in [3.8, 4) is 5.75 Å². The summed E-state index contributed by atoms with van der Waals surface area (Å²) >= 11 is 0. The maximum absolute atomic E-state index is 12.8. The van der Waals surface area contributed by atoms with Crippen molar-refractivity contribution in [3.63, 3.8) is 0 Å². The lowest BCUT2D eigenvalue weighted by atomic mass is 10.0. The van der Waals surface area contributed by atoms with Crippen LogP contribution in [0.15, 0.2) is 48.5 Å². The number of benzene rings is 2. The predicted octanol–water partition coefficient (Wildman–Crippen LogP) is 2.64. The van der Waals surface area contributed by atoms with Crippen LogP contribution in [0.3, 0.4) is 0 Å². The SMILES string of the molecule is COc1ccc(C[C@@H]2CCCN2C(=O)c2ccc(C(N)=O)cc2)cc1. The van der Waals surface area contributed by atoms with Crippen molar-refractivity contribution in [2.45, 2.75) is 25.3 Å². The van der Waals surface area contributed by atoms with Crippen LogP contribution in [0.25, 0.3) is 0 Å². The fourth-order valence-electron chi connectivity index (χ4n) is 3.29. The van der Waals surface area contributed by atoms with Crippen LogP contribution < -0.4 is 10.5 Å². The molecule has 1 heterocycles. The molecule has 0 radical (unpaired) electrons. The molecule has 1 saturated heterocycles. The molecule has 0 saturated carbocycles. The quantitative estimate of drug-likeness (QED) is 0.911. The Kier molecular flexibility index (Phi) is 5.03. The third-order valence-corrected chi connectivity index (χ3v) is 4.68. The number of hydrogen-bond donors (Lipinski definition) is 1. The lowest BCUT2D eigenvalue weighted by molar-refractivity contribution is 0.0736. The van der Waals surface area contributed by atoms with Crippen LogP contribution in [0.5, 0.6) is 5.75 Å². The van der Waals surface area contributed by atoms with Gasteiger partial charge in [-0.25, -0.2) is 0 Å². The second-order valence-electron chi connectivity index (χ2n) is 6.29. The molecular weight excluding hydrogens is 316 g/mol. The second-order valence-corrected chi connectivity index (χ2v) is 6.29. The Balaban J connectivity index is 1.71. The predicted molar refractivity (Wildman–Crippen MR) is 95.7 cm³/mol. The molecule has 0 spiro atoms. The fourth-order valence-corrected chi connectivity index (χ4v) is 3.29. The molecule has 1 aliphatic rings. The van der Waals surface area contributed by atoms with Gasteiger partial charge in [0.1, 0.15) is 5.75 Å². The highest BCUT2D eigenvalue weighted by Gasteiger charge is 2.29. The molecule has 0 bridgehead atoms. The summed E-state index contributed by atoms with van der Waals surface area (Å²) in [6, 6.07) is 14.7. The van der Waals surface area contributed by atoms with Gasteiger partial charge in [-0.1, -0.05) is 12.1 Å². The average molecular weight is 338 g/mol. The van der Waals surface area contributed by atoms with Gasteiger partial charge in [0.25, 0.3) is 5.91 Å². The topological polar surface area (TPSA) is 72.6 Å². The molecular formula is C20H22N2O3. The molecule has 3 rings (SSSR count). The van der Waals surface area contributed by atoms with Crippen molar-refractivity contribution in [2.75, 3.05) is 13.7 Å². The molecule has 2 aromatic carbocycles. The number of rotatable bonds is 5. The molecule has 2 amide bonds. The van der Waals surface area contributed by atoms with Gasteiger partial charge < -0.3 is 15.4 Å². The standard InChI is InChI=1S/C20H22N2O3/c1-25-18-10-4-14(5-11-18)13-17-3-2-12-22(17)20(24)16-8-6-15(7-9-16)19(21)23/h4-11,17H,2-3,12-13H2,1H3,(H2,21,23)/t17-/m0/s1. The Hall–Kier alpha value is -2.82. The zero-order valence-electron chi connectivity index (χ0n) is 14.3. The molecule has 0 aromatic heterocycles. The van der Waals surface area contributed by atoms with E-state index >= 15 is 0 Å². The fraction of sp³-hybridized carbons (Fsp3) is 0.300. The molecule has 130 valence electrons. The van der Waals surface area contributed by atoms with Crippen LogP contribution in [0.1, 0.15) is 39.1 Å². The number of nitrogens with zero attached hydrogens (tertiary/aromatic N) is 1. The van der Waals surface area contributed by atoms with Crippen LogP contribution in [-0.2, 0) is 6.42 Å². The number of primary amides is 1. The summed E-state index contributed by atoms with van der Waals surface area (Å²) in [5, 5.41) is 0. The van der Waals surface area contributed by atoms with E-state index in [1.165, 1.54) is 5.56 Å². The lowest BCUT2D eigenvalue weighted by Gasteiger charge is -2.25. The van der Waals surface area contributed by atoms with E-state index in [0.717, 1.165) is 31.6 Å². The van der Waals surface area contributed by atoms with E-state index in [1.54, 1.807) is 31.4 Å². The minimum atomic E-state index is -0.488. The van der Waals surface area contributed by atoms with E-state index < -0.39 is 5.91 Å². The largest absolute Gasteiger partial charge is 0.497 e. The summed E-state index contributed by atoms with van der Waals surface area (Å²) in [5.74, 6) is 0.349. The van der Waals surface area contributed by atoms with Crippen molar-refractivity contribution in [2.24, 2.45) is 5.73 Å². The van der Waals surface area contributed by atoms with Gasteiger partial charge in [0.05, 0.1) is 7.11 Å². The highest BCUT2D eigenvalue weighted by Crippen LogP contribution is 2.24. The maximum Gasteiger partial charge on any atom is 0.254 e. The Morgan fingerprint density at radius 3 is 2.32 bits per heavy atom. The first-order valence-electron chi connectivity index (χ1n) is 8.42. The van der Waals surface area contributed by atoms with Crippen molar-refractivity contribution in [3.05, 3.63) is 65.2 Å². The van der Waals surface area contributed by atoms with Crippen LogP contribution in [-0.4, -0.2) is 36.4 Å². The summed E-state index contributed by atoms with van der Waals surface area (Å²) in [7, 11) is 1.65. The van der Waals surface area contributed by atoms with Crippen LogP contribution in [0.2, 0.25) is 0 Å². The summed E-state index contributed by atoms with van der Waals surface area (Å²) in [6.07, 6.45) is 2.83. The van der Waals surface area contributed by atoms with E-state index in [9.17, 15) is 9.59 Å². The molecule has 0 aliphatic carbocycles. The second kappa shape index (κ2) is 7.38. The summed E-state index contributed by atoms with van der Waals surface area (Å²) in [4.78, 5) is 25.9. The number of methoxy groups -OCH3 is 1. The molecule has 1 fully saturated rings. The highest BCUT2D eigenvalue weighted by atomic mass is 16.5. The van der Waals surface area contributed by atoms with Gasteiger partial charge >= 0.3 is 0 Å². The van der Waals surface area contributed by atoms with E-state index in [2.05, 4.69) is 0 Å². The van der Waals surface area contributed by atoms with Gasteiger partial charge in [-0.3, -0.25) is 9.59 Å². The number of amides is 2. The van der Waals surface area contributed by atoms with Crippen molar-refractivity contribution in [1.29, 1.82) is 0 Å². The number of hydrogen-bond acceptors (Lipinski definition) is 3. The van der Waals surface area contributed by atoms with Gasteiger partial charge in [0.15, 0.2) is 0 Å². The Bertz CT molecular complexity index is 754. The van der Waals surface area contributed by atoms with Gasteiger partial charge in [0, 0.05) is 23.7 Å². The van der Waals surface area contributed by atoms with E-state index in [0.29, 0.717) is 11.1 Å². The normalized spacial score (nSPS) is 16.7. The third-order valence-electron chi connectivity index (χ3n) is 4.68. The Labute approximate surface area is 147 Å². The molecule has 5 heteroatoms. The molecule has 25 heavy (non-hydrogen) atoms. The number of carbonyl (C=O) groups is 2. The average Bonchev–Trinajstić information content (AvgIpc) is 3.10. The minimum absolute atomic E-state index is 0.00651. The summed E-state index contributed by atoms with van der Waals surface area (Å²) in [6.45, 7) is 0.761. The zero-order chi connectivity index (χ0) is 17.8. The zero-order valence-corrected chi connectivity index (χ0v) is 14.3. The van der Waals surface area contributed by atoms with Gasteiger partial charge in [0.2, 0.25) is 5.91 Å². The molecule has 2 N–H and O–H groups in total. The van der Waals surface area contributed by atoms with Crippen LogP contribution >= 0.6 is 0 Å². The van der Waals surface area contributed by atoms with Crippen molar-refractivity contribution < 1.29 is 14.3 Å². The number of carbonyl (C=O) groups excluding carboxylic acids is 2. The lowest BCUT2D eigenvalue weighted by Crippen LogP contribution is -2.36. The molecule has 5 nitrogen and oxygen atoms in total. The first-order chi connectivity index (χ1) is 12.1. The van der Waals surface area contributed by atoms with Crippen LogP contribution in [0, 0.1) is 0 Å². The molecule has 2 aromatic rings. The maximum atomic E-state index is 12.8. The first kappa shape index (κ1) is 17.0. The van der Waals surface area contributed by atoms with Gasteiger partial charge in [-0.15, -0.1) is 0 Å². The number of ether oxygens (including phenoxy) is 1. The van der Waals surface area contributed by atoms with Crippen molar-refractivity contribution in [1.82, 2.24) is 4.90 Å². The Morgan fingerprint density at radius 2 is 1.72 bits per heavy atom. The Morgan fingerprint density at radius 1 is 1.08 bits per heavy atom. The van der Waals surface area contributed by atoms with E-state index in [-0.39, 0.29) is 11.9 Å². The van der Waals surface area contributed by atoms with Gasteiger partial charge in [-0.05, 0) is 61.2 Å². The van der Waals surface area contributed by atoms with E-state index in [1.807, 2.05) is 29.2 Å². The van der Waals surface area contributed by atoms with Gasteiger partial charge in [-0.2, -0.15) is 0 Å². The third kappa shape index (κ3) is 3.82. The monoisotopic (exact) mass is 338 g/mol. The molecule has 0 unspecified atom stereocenters. The van der Waals surface area contributed by atoms with Crippen LogP contribution in [0.4, 0.5) is 0 Å². The summed E-state index contributed by atoms with van der Waals surface area (Å²) < 4.78 is 5.19. The van der Waals surface area contributed by atoms with E-state index in [4.69, 9.17) is 10.5 Å².